The zero-order chi connectivity index (χ0) is 18.4. The summed E-state index contributed by atoms with van der Waals surface area (Å²) in [6.45, 7) is 0. The van der Waals surface area contributed by atoms with E-state index in [9.17, 15) is 19.3 Å². The number of halogens is 1. The average molecular weight is 346 g/mol. The molecule has 0 radical (unpaired) electrons. The second-order valence-corrected chi connectivity index (χ2v) is 4.85. The van der Waals surface area contributed by atoms with E-state index in [0.29, 0.717) is 11.4 Å². The van der Waals surface area contributed by atoms with Crippen LogP contribution in [0.4, 0.5) is 15.8 Å². The number of carbonyl (C=O) groups is 1. The third-order valence-electron chi connectivity index (χ3n) is 3.26. The van der Waals surface area contributed by atoms with Gasteiger partial charge in [0.1, 0.15) is 5.82 Å². The number of methoxy groups -OCH3 is 2. The molecule has 0 spiro atoms. The van der Waals surface area contributed by atoms with Crippen molar-refractivity contribution in [2.75, 3.05) is 19.5 Å². The Labute approximate surface area is 142 Å². The third-order valence-corrected chi connectivity index (χ3v) is 3.26. The highest BCUT2D eigenvalue weighted by molar-refractivity contribution is 6.02. The summed E-state index contributed by atoms with van der Waals surface area (Å²) in [5.74, 6) is -0.431. The Morgan fingerprint density at radius 2 is 1.76 bits per heavy atom. The molecule has 0 fully saturated rings. The first-order valence-corrected chi connectivity index (χ1v) is 7.09. The van der Waals surface area contributed by atoms with Gasteiger partial charge in [0.05, 0.1) is 30.8 Å². The predicted molar refractivity (Wildman–Crippen MR) is 90.3 cm³/mol. The van der Waals surface area contributed by atoms with Crippen LogP contribution >= 0.6 is 0 Å². The van der Waals surface area contributed by atoms with Crippen LogP contribution < -0.4 is 14.8 Å². The highest BCUT2D eigenvalue weighted by Gasteiger charge is 2.18. The van der Waals surface area contributed by atoms with E-state index in [-0.39, 0.29) is 17.0 Å². The molecular formula is C17H15FN2O5. The minimum Gasteiger partial charge on any atom is -0.493 e. The second kappa shape index (κ2) is 7.91. The fourth-order valence-corrected chi connectivity index (χ4v) is 2.06. The minimum absolute atomic E-state index is 0.178. The van der Waals surface area contributed by atoms with Gasteiger partial charge in [0, 0.05) is 11.8 Å². The summed E-state index contributed by atoms with van der Waals surface area (Å²) in [7, 11) is 2.77. The molecule has 0 saturated carbocycles. The summed E-state index contributed by atoms with van der Waals surface area (Å²) in [5, 5.41) is 13.7. The SMILES string of the molecule is COc1cc(/C=C/C(=O)Nc2ccc(F)cc2)c([N+](=O)[O-])cc1OC. The molecule has 0 atom stereocenters. The summed E-state index contributed by atoms with van der Waals surface area (Å²) < 4.78 is 23.0. The molecule has 25 heavy (non-hydrogen) atoms. The van der Waals surface area contributed by atoms with Gasteiger partial charge in [0.2, 0.25) is 5.91 Å². The normalized spacial score (nSPS) is 10.5. The molecule has 2 aromatic carbocycles. The number of carbonyl (C=O) groups excluding carboxylic acids is 1. The molecular weight excluding hydrogens is 331 g/mol. The largest absolute Gasteiger partial charge is 0.493 e. The van der Waals surface area contributed by atoms with Crippen molar-refractivity contribution in [1.29, 1.82) is 0 Å². The van der Waals surface area contributed by atoms with Gasteiger partial charge in [0.25, 0.3) is 5.69 Å². The number of hydrogen-bond donors (Lipinski definition) is 1. The molecule has 0 bridgehead atoms. The zero-order valence-electron chi connectivity index (χ0n) is 13.5. The Kier molecular flexibility index (Phi) is 5.67. The molecule has 0 aliphatic heterocycles. The molecule has 130 valence electrons. The van der Waals surface area contributed by atoms with Crippen molar-refractivity contribution in [1.82, 2.24) is 0 Å². The summed E-state index contributed by atoms with van der Waals surface area (Å²) in [6.07, 6.45) is 2.43. The molecule has 0 unspecified atom stereocenters. The molecule has 0 aromatic heterocycles. The van der Waals surface area contributed by atoms with E-state index in [0.717, 1.165) is 6.08 Å². The van der Waals surface area contributed by atoms with Crippen molar-refractivity contribution in [2.45, 2.75) is 0 Å². The first kappa shape index (κ1) is 17.9. The number of nitrogens with one attached hydrogen (secondary N) is 1. The molecule has 0 saturated heterocycles. The van der Waals surface area contributed by atoms with Crippen LogP contribution in [0.3, 0.4) is 0 Å². The fraction of sp³-hybridized carbons (Fsp3) is 0.118. The maximum atomic E-state index is 12.8. The van der Waals surface area contributed by atoms with Gasteiger partial charge >= 0.3 is 0 Å². The summed E-state index contributed by atoms with van der Waals surface area (Å²) in [5.41, 5.74) is 0.346. The monoisotopic (exact) mass is 346 g/mol. The molecule has 0 aliphatic rings. The molecule has 0 heterocycles. The van der Waals surface area contributed by atoms with E-state index in [4.69, 9.17) is 9.47 Å². The van der Waals surface area contributed by atoms with Crippen molar-refractivity contribution in [3.8, 4) is 11.5 Å². The van der Waals surface area contributed by atoms with Crippen LogP contribution in [0.15, 0.2) is 42.5 Å². The van der Waals surface area contributed by atoms with Gasteiger partial charge in [-0.3, -0.25) is 14.9 Å². The number of nitro benzene ring substituents is 1. The van der Waals surface area contributed by atoms with Crippen LogP contribution in [-0.4, -0.2) is 25.1 Å². The number of nitrogens with zero attached hydrogens (tertiary/aromatic N) is 1. The lowest BCUT2D eigenvalue weighted by Gasteiger charge is -2.08. The van der Waals surface area contributed by atoms with Crippen LogP contribution in [0.1, 0.15) is 5.56 Å². The van der Waals surface area contributed by atoms with E-state index >= 15 is 0 Å². The zero-order valence-corrected chi connectivity index (χ0v) is 13.5. The lowest BCUT2D eigenvalue weighted by molar-refractivity contribution is -0.385. The lowest BCUT2D eigenvalue weighted by atomic mass is 10.1. The number of hydrogen-bond acceptors (Lipinski definition) is 5. The van der Waals surface area contributed by atoms with Crippen molar-refractivity contribution in [3.63, 3.8) is 0 Å². The van der Waals surface area contributed by atoms with Crippen molar-refractivity contribution in [3.05, 3.63) is 64.0 Å². The maximum absolute atomic E-state index is 12.8. The van der Waals surface area contributed by atoms with Crippen LogP contribution in [0.25, 0.3) is 6.08 Å². The Balaban J connectivity index is 2.25. The van der Waals surface area contributed by atoms with Crippen molar-refractivity contribution < 1.29 is 23.6 Å². The number of anilines is 1. The highest BCUT2D eigenvalue weighted by atomic mass is 19.1. The molecule has 2 rings (SSSR count). The molecule has 2 aromatic rings. The van der Waals surface area contributed by atoms with Gasteiger partial charge < -0.3 is 14.8 Å². The van der Waals surface area contributed by atoms with E-state index < -0.39 is 16.6 Å². The first-order valence-electron chi connectivity index (χ1n) is 7.09. The number of nitro groups is 1. The number of benzene rings is 2. The van der Waals surface area contributed by atoms with E-state index in [1.54, 1.807) is 0 Å². The van der Waals surface area contributed by atoms with Crippen LogP contribution in [0.5, 0.6) is 11.5 Å². The van der Waals surface area contributed by atoms with Crippen molar-refractivity contribution in [2.24, 2.45) is 0 Å². The number of rotatable bonds is 6. The van der Waals surface area contributed by atoms with Gasteiger partial charge in [-0.15, -0.1) is 0 Å². The molecule has 7 nitrogen and oxygen atoms in total. The Morgan fingerprint density at radius 3 is 2.32 bits per heavy atom. The second-order valence-electron chi connectivity index (χ2n) is 4.85. The number of amides is 1. The van der Waals surface area contributed by atoms with Gasteiger partial charge in [-0.1, -0.05) is 0 Å². The smallest absolute Gasteiger partial charge is 0.280 e. The van der Waals surface area contributed by atoms with Crippen LogP contribution in [0, 0.1) is 15.9 Å². The topological polar surface area (TPSA) is 90.7 Å². The van der Waals surface area contributed by atoms with Crippen molar-refractivity contribution >= 4 is 23.4 Å². The van der Waals surface area contributed by atoms with E-state index in [1.165, 1.54) is 56.7 Å². The highest BCUT2D eigenvalue weighted by Crippen LogP contribution is 2.35. The number of ether oxygens (including phenoxy) is 2. The summed E-state index contributed by atoms with van der Waals surface area (Å²) >= 11 is 0. The van der Waals surface area contributed by atoms with Gasteiger partial charge in [0.15, 0.2) is 11.5 Å². The van der Waals surface area contributed by atoms with E-state index in [2.05, 4.69) is 5.32 Å². The first-order chi connectivity index (χ1) is 11.9. The summed E-state index contributed by atoms with van der Waals surface area (Å²) in [4.78, 5) is 22.5. The van der Waals surface area contributed by atoms with Gasteiger partial charge in [-0.25, -0.2) is 4.39 Å². The summed E-state index contributed by atoms with van der Waals surface area (Å²) in [6, 6.07) is 7.84. The predicted octanol–water partition coefficient (Wildman–Crippen LogP) is 3.40. The van der Waals surface area contributed by atoms with Gasteiger partial charge in [-0.2, -0.15) is 0 Å². The van der Waals surface area contributed by atoms with Crippen LogP contribution in [0.2, 0.25) is 0 Å². The van der Waals surface area contributed by atoms with Crippen LogP contribution in [-0.2, 0) is 4.79 Å². The lowest BCUT2D eigenvalue weighted by Crippen LogP contribution is -2.07. The molecule has 0 aliphatic carbocycles. The Bertz CT molecular complexity index is 819. The fourth-order valence-electron chi connectivity index (χ4n) is 2.06. The quantitative estimate of drug-likeness (QED) is 0.492. The van der Waals surface area contributed by atoms with Gasteiger partial charge in [-0.05, 0) is 36.4 Å². The Hall–Kier alpha value is -3.42. The molecule has 8 heteroatoms. The molecule has 1 N–H and O–H groups in total. The molecule has 1 amide bonds. The minimum atomic E-state index is -0.584. The standard InChI is InChI=1S/C17H15FN2O5/c1-24-15-9-11(14(20(22)23)10-16(15)25-2)3-8-17(21)19-13-6-4-12(18)5-7-13/h3-10H,1-2H3,(H,19,21)/b8-3+. The Morgan fingerprint density at radius 1 is 1.16 bits per heavy atom. The average Bonchev–Trinajstić information content (AvgIpc) is 2.60. The maximum Gasteiger partial charge on any atom is 0.280 e. The third kappa shape index (κ3) is 4.54. The van der Waals surface area contributed by atoms with E-state index in [1.807, 2.05) is 0 Å².